The van der Waals surface area contributed by atoms with Gasteiger partial charge in [0.1, 0.15) is 0 Å². The average molecular weight is 348 g/mol. The minimum atomic E-state index is -3.55. The Bertz CT molecular complexity index is 798. The lowest BCUT2D eigenvalue weighted by Gasteiger charge is -2.09. The van der Waals surface area contributed by atoms with Gasteiger partial charge in [0, 0.05) is 37.1 Å². The van der Waals surface area contributed by atoms with Crippen LogP contribution < -0.4 is 10.0 Å². The predicted molar refractivity (Wildman–Crippen MR) is 89.0 cm³/mol. The minimum absolute atomic E-state index is 0.0376. The summed E-state index contributed by atoms with van der Waals surface area (Å²) < 4.78 is 28.9. The second-order valence-corrected chi connectivity index (χ2v) is 7.55. The monoisotopic (exact) mass is 348 g/mol. The normalized spacial score (nSPS) is 14.5. The number of carbonyl (C=O) groups excluding carboxylic acids is 1. The molecule has 1 aliphatic rings. The van der Waals surface area contributed by atoms with E-state index in [1.165, 1.54) is 12.1 Å². The molecule has 24 heavy (non-hydrogen) atoms. The van der Waals surface area contributed by atoms with E-state index < -0.39 is 10.0 Å². The SMILES string of the molecule is O=C(NCCCn1ccnc1)c1cccc(S(=O)(=O)NC2CC2)c1. The van der Waals surface area contributed by atoms with Crippen molar-refractivity contribution in [3.8, 4) is 0 Å². The second kappa shape index (κ2) is 7.14. The van der Waals surface area contributed by atoms with Gasteiger partial charge in [-0.15, -0.1) is 0 Å². The lowest BCUT2D eigenvalue weighted by molar-refractivity contribution is 0.0952. The molecular formula is C16H20N4O3S. The van der Waals surface area contributed by atoms with E-state index in [0.717, 1.165) is 25.8 Å². The Morgan fingerprint density at radius 1 is 1.33 bits per heavy atom. The summed E-state index contributed by atoms with van der Waals surface area (Å²) in [7, 11) is -3.55. The molecular weight excluding hydrogens is 328 g/mol. The van der Waals surface area contributed by atoms with Gasteiger partial charge < -0.3 is 9.88 Å². The minimum Gasteiger partial charge on any atom is -0.352 e. The molecule has 1 aliphatic carbocycles. The van der Waals surface area contributed by atoms with Crippen LogP contribution in [-0.2, 0) is 16.6 Å². The van der Waals surface area contributed by atoms with Crippen LogP contribution in [0.15, 0.2) is 47.9 Å². The number of carbonyl (C=O) groups is 1. The van der Waals surface area contributed by atoms with Gasteiger partial charge in [0.15, 0.2) is 0 Å². The van der Waals surface area contributed by atoms with Gasteiger partial charge in [0.05, 0.1) is 11.2 Å². The molecule has 0 bridgehead atoms. The smallest absolute Gasteiger partial charge is 0.251 e. The van der Waals surface area contributed by atoms with Gasteiger partial charge in [-0.3, -0.25) is 4.79 Å². The van der Waals surface area contributed by atoms with Crippen LogP contribution in [-0.4, -0.2) is 36.5 Å². The molecule has 0 atom stereocenters. The Balaban J connectivity index is 1.55. The first-order chi connectivity index (χ1) is 11.5. The van der Waals surface area contributed by atoms with Crippen LogP contribution in [0.3, 0.4) is 0 Å². The summed E-state index contributed by atoms with van der Waals surface area (Å²) in [6.45, 7) is 1.27. The topological polar surface area (TPSA) is 93.1 Å². The molecule has 8 heteroatoms. The van der Waals surface area contributed by atoms with Crippen LogP contribution >= 0.6 is 0 Å². The summed E-state index contributed by atoms with van der Waals surface area (Å²) in [6, 6.07) is 6.15. The fourth-order valence-corrected chi connectivity index (χ4v) is 3.63. The molecule has 128 valence electrons. The maximum atomic E-state index is 12.2. The number of nitrogens with one attached hydrogen (secondary N) is 2. The Morgan fingerprint density at radius 3 is 2.88 bits per heavy atom. The molecule has 0 radical (unpaired) electrons. The van der Waals surface area contributed by atoms with Gasteiger partial charge in [-0.05, 0) is 37.5 Å². The summed E-state index contributed by atoms with van der Waals surface area (Å²) in [6.07, 6.45) is 7.81. The molecule has 1 heterocycles. The van der Waals surface area contributed by atoms with Crippen LogP contribution in [0.5, 0.6) is 0 Å². The van der Waals surface area contributed by atoms with E-state index in [2.05, 4.69) is 15.0 Å². The Kier molecular flexibility index (Phi) is 4.96. The Morgan fingerprint density at radius 2 is 2.17 bits per heavy atom. The summed E-state index contributed by atoms with van der Waals surface area (Å²) in [5.41, 5.74) is 0.344. The van der Waals surface area contributed by atoms with Gasteiger partial charge in [0.25, 0.3) is 5.91 Å². The maximum absolute atomic E-state index is 12.2. The third kappa shape index (κ3) is 4.42. The maximum Gasteiger partial charge on any atom is 0.251 e. The van der Waals surface area contributed by atoms with Crippen molar-refractivity contribution in [3.63, 3.8) is 0 Å². The summed E-state index contributed by atoms with van der Waals surface area (Å²) >= 11 is 0. The second-order valence-electron chi connectivity index (χ2n) is 5.83. The van der Waals surface area contributed by atoms with Crippen LogP contribution in [0.2, 0.25) is 0 Å². The van der Waals surface area contributed by atoms with E-state index in [1.807, 2.05) is 10.8 Å². The molecule has 2 aromatic rings. The fraction of sp³-hybridized carbons (Fsp3) is 0.375. The van der Waals surface area contributed by atoms with Crippen molar-refractivity contribution in [3.05, 3.63) is 48.5 Å². The molecule has 0 saturated heterocycles. The number of sulfonamides is 1. The van der Waals surface area contributed by atoms with E-state index in [-0.39, 0.29) is 16.8 Å². The summed E-state index contributed by atoms with van der Waals surface area (Å²) in [5, 5.41) is 2.81. The number of nitrogens with zero attached hydrogens (tertiary/aromatic N) is 2. The number of rotatable bonds is 8. The fourth-order valence-electron chi connectivity index (χ4n) is 2.28. The lowest BCUT2D eigenvalue weighted by Crippen LogP contribution is -2.27. The third-order valence-corrected chi connectivity index (χ3v) is 5.26. The van der Waals surface area contributed by atoms with E-state index in [0.29, 0.717) is 12.1 Å². The number of aryl methyl sites for hydroxylation is 1. The highest BCUT2D eigenvalue weighted by Crippen LogP contribution is 2.22. The van der Waals surface area contributed by atoms with Crippen molar-refractivity contribution < 1.29 is 13.2 Å². The Labute approximate surface area is 141 Å². The largest absolute Gasteiger partial charge is 0.352 e. The predicted octanol–water partition coefficient (Wildman–Crippen LogP) is 1.14. The molecule has 7 nitrogen and oxygen atoms in total. The number of imidazole rings is 1. The van der Waals surface area contributed by atoms with Crippen molar-refractivity contribution in [1.82, 2.24) is 19.6 Å². The average Bonchev–Trinajstić information content (AvgIpc) is 3.22. The van der Waals surface area contributed by atoms with Gasteiger partial charge in [-0.25, -0.2) is 18.1 Å². The van der Waals surface area contributed by atoms with Crippen molar-refractivity contribution in [1.29, 1.82) is 0 Å². The first-order valence-electron chi connectivity index (χ1n) is 7.91. The zero-order chi connectivity index (χ0) is 17.0. The summed E-state index contributed by atoms with van der Waals surface area (Å²) in [5.74, 6) is -0.274. The van der Waals surface area contributed by atoms with Gasteiger partial charge >= 0.3 is 0 Å². The molecule has 3 rings (SSSR count). The number of aromatic nitrogens is 2. The molecule has 1 aromatic heterocycles. The first-order valence-corrected chi connectivity index (χ1v) is 9.39. The van der Waals surface area contributed by atoms with Crippen molar-refractivity contribution >= 4 is 15.9 Å². The first kappa shape index (κ1) is 16.7. The van der Waals surface area contributed by atoms with Crippen molar-refractivity contribution in [2.45, 2.75) is 36.7 Å². The number of amides is 1. The van der Waals surface area contributed by atoms with E-state index in [1.54, 1.807) is 24.7 Å². The zero-order valence-electron chi connectivity index (χ0n) is 13.2. The number of hydrogen-bond donors (Lipinski definition) is 2. The Hall–Kier alpha value is -2.19. The van der Waals surface area contributed by atoms with Crippen LogP contribution in [0.25, 0.3) is 0 Å². The third-order valence-electron chi connectivity index (χ3n) is 3.74. The molecule has 1 saturated carbocycles. The van der Waals surface area contributed by atoms with Crippen LogP contribution in [0.1, 0.15) is 29.6 Å². The van der Waals surface area contributed by atoms with Crippen LogP contribution in [0, 0.1) is 0 Å². The highest BCUT2D eigenvalue weighted by Gasteiger charge is 2.28. The highest BCUT2D eigenvalue weighted by molar-refractivity contribution is 7.89. The molecule has 0 spiro atoms. The van der Waals surface area contributed by atoms with Crippen molar-refractivity contribution in [2.75, 3.05) is 6.54 Å². The van der Waals surface area contributed by atoms with E-state index in [4.69, 9.17) is 0 Å². The van der Waals surface area contributed by atoms with E-state index >= 15 is 0 Å². The van der Waals surface area contributed by atoms with E-state index in [9.17, 15) is 13.2 Å². The number of hydrogen-bond acceptors (Lipinski definition) is 4. The molecule has 1 amide bonds. The highest BCUT2D eigenvalue weighted by atomic mass is 32.2. The quantitative estimate of drug-likeness (QED) is 0.700. The van der Waals surface area contributed by atoms with Gasteiger partial charge in [-0.2, -0.15) is 0 Å². The molecule has 0 aliphatic heterocycles. The zero-order valence-corrected chi connectivity index (χ0v) is 14.0. The summed E-state index contributed by atoms with van der Waals surface area (Å²) in [4.78, 5) is 16.3. The van der Waals surface area contributed by atoms with Crippen molar-refractivity contribution in [2.24, 2.45) is 0 Å². The van der Waals surface area contributed by atoms with Gasteiger partial charge in [-0.1, -0.05) is 6.07 Å². The molecule has 1 fully saturated rings. The molecule has 1 aromatic carbocycles. The number of benzene rings is 1. The lowest BCUT2D eigenvalue weighted by atomic mass is 10.2. The van der Waals surface area contributed by atoms with Gasteiger partial charge in [0.2, 0.25) is 10.0 Å². The molecule has 0 unspecified atom stereocenters. The standard InChI is InChI=1S/C16H20N4O3S/c21-16(18-7-2-9-20-10-8-17-12-20)13-3-1-4-15(11-13)24(22,23)19-14-5-6-14/h1,3-4,8,10-12,14,19H,2,5-7,9H2,(H,18,21). The van der Waals surface area contributed by atoms with Crippen LogP contribution in [0.4, 0.5) is 0 Å². The molecule has 2 N–H and O–H groups in total.